The number of imidazole rings is 1. The highest BCUT2D eigenvalue weighted by atomic mass is 16.3. The number of aromatic amines is 1. The van der Waals surface area contributed by atoms with Crippen LogP contribution in [0.15, 0.2) is 61.3 Å². The number of aliphatic hydroxyl groups is 1. The molecule has 9 nitrogen and oxygen atoms in total. The number of nitrogens with one attached hydrogen (secondary N) is 2. The van der Waals surface area contributed by atoms with E-state index in [-0.39, 0.29) is 0 Å². The van der Waals surface area contributed by atoms with Crippen LogP contribution in [0.4, 0.5) is 17.3 Å². The van der Waals surface area contributed by atoms with Gasteiger partial charge < -0.3 is 19.7 Å². The van der Waals surface area contributed by atoms with Gasteiger partial charge in [-0.2, -0.15) is 5.10 Å². The van der Waals surface area contributed by atoms with E-state index in [9.17, 15) is 5.11 Å². The predicted octanol–water partition coefficient (Wildman–Crippen LogP) is 3.76. The Balaban J connectivity index is 1.29. The highest BCUT2D eigenvalue weighted by Crippen LogP contribution is 2.28. The molecule has 1 aromatic carbocycles. The van der Waals surface area contributed by atoms with E-state index in [0.717, 1.165) is 65.2 Å². The van der Waals surface area contributed by atoms with Crippen molar-refractivity contribution in [1.82, 2.24) is 29.5 Å². The summed E-state index contributed by atoms with van der Waals surface area (Å²) in [6.45, 7) is 3.49. The van der Waals surface area contributed by atoms with Gasteiger partial charge in [-0.25, -0.2) is 15.0 Å². The van der Waals surface area contributed by atoms with E-state index in [1.54, 1.807) is 6.20 Å². The van der Waals surface area contributed by atoms with E-state index >= 15 is 0 Å². The van der Waals surface area contributed by atoms with Crippen LogP contribution >= 0.6 is 0 Å². The van der Waals surface area contributed by atoms with Crippen molar-refractivity contribution in [3.63, 3.8) is 0 Å². The number of pyridine rings is 1. The van der Waals surface area contributed by atoms with E-state index in [1.807, 2.05) is 66.4 Å². The van der Waals surface area contributed by atoms with Gasteiger partial charge in [-0.1, -0.05) is 12.1 Å². The molecule has 1 aliphatic heterocycles. The smallest absolute Gasteiger partial charge is 0.180 e. The van der Waals surface area contributed by atoms with E-state index < -0.39 is 5.60 Å². The molecule has 0 bridgehead atoms. The van der Waals surface area contributed by atoms with Gasteiger partial charge >= 0.3 is 0 Å². The fraction of sp³-hybridized carbons (Fsp3) is 0.250. The Bertz CT molecular complexity index is 1430. The van der Waals surface area contributed by atoms with Gasteiger partial charge in [-0.05, 0) is 38.0 Å². The van der Waals surface area contributed by atoms with Crippen LogP contribution in [-0.4, -0.2) is 53.3 Å². The highest BCUT2D eigenvalue weighted by molar-refractivity contribution is 5.84. The summed E-state index contributed by atoms with van der Waals surface area (Å²) in [6, 6.07) is 10.1. The zero-order chi connectivity index (χ0) is 22.4. The summed E-state index contributed by atoms with van der Waals surface area (Å²) in [4.78, 5) is 16.2. The molecule has 5 heterocycles. The summed E-state index contributed by atoms with van der Waals surface area (Å²) < 4.78 is 1.96. The van der Waals surface area contributed by atoms with Crippen LogP contribution in [-0.2, 0) is 0 Å². The van der Waals surface area contributed by atoms with E-state index in [4.69, 9.17) is 4.98 Å². The lowest BCUT2D eigenvalue weighted by Gasteiger charge is -2.36. The summed E-state index contributed by atoms with van der Waals surface area (Å²) in [5.41, 5.74) is 3.77. The van der Waals surface area contributed by atoms with Gasteiger partial charge in [-0.15, -0.1) is 0 Å². The summed E-state index contributed by atoms with van der Waals surface area (Å²) in [5, 5.41) is 21.7. The lowest BCUT2D eigenvalue weighted by Crippen LogP contribution is -2.42. The fourth-order valence-electron chi connectivity index (χ4n) is 4.25. The van der Waals surface area contributed by atoms with Gasteiger partial charge in [-0.3, -0.25) is 5.10 Å². The molecule has 1 aliphatic rings. The maximum Gasteiger partial charge on any atom is 0.180 e. The molecule has 0 saturated carbocycles. The molecule has 0 unspecified atom stereocenters. The second-order valence-corrected chi connectivity index (χ2v) is 8.82. The molecule has 9 heteroatoms. The first-order valence-electron chi connectivity index (χ1n) is 11.0. The SMILES string of the molecule is CC1(O)CCN(c2ccc(Nc3nc(-c4ccc5cn[nH]c5c4)cn4ccnc34)cn2)CC1. The number of fused-ring (bicyclic) bond motifs is 2. The molecule has 1 fully saturated rings. The molecule has 0 aliphatic carbocycles. The molecule has 0 radical (unpaired) electrons. The number of rotatable bonds is 4. The minimum Gasteiger partial charge on any atom is -0.390 e. The van der Waals surface area contributed by atoms with E-state index in [1.165, 1.54) is 0 Å². The third kappa shape index (κ3) is 3.76. The minimum atomic E-state index is -0.577. The van der Waals surface area contributed by atoms with Crippen molar-refractivity contribution in [2.24, 2.45) is 0 Å². The molecule has 1 saturated heterocycles. The van der Waals surface area contributed by atoms with Crippen molar-refractivity contribution in [2.75, 3.05) is 23.3 Å². The largest absolute Gasteiger partial charge is 0.390 e. The third-order valence-electron chi connectivity index (χ3n) is 6.29. The number of nitrogens with zero attached hydrogens (tertiary/aromatic N) is 6. The zero-order valence-corrected chi connectivity index (χ0v) is 18.2. The topological polar surface area (TPSA) is 107 Å². The Hall–Kier alpha value is -3.98. The number of H-pyrrole nitrogens is 1. The average molecular weight is 441 g/mol. The first-order valence-corrected chi connectivity index (χ1v) is 11.0. The Morgan fingerprint density at radius 3 is 2.79 bits per heavy atom. The van der Waals surface area contributed by atoms with Crippen LogP contribution in [0.3, 0.4) is 0 Å². The standard InChI is InChI=1S/C24H24N8O/c1-24(33)6-9-31(10-7-24)21-5-4-18(14-26-21)28-22-23-25-8-11-32(23)15-20(29-22)16-2-3-17-13-27-30-19(17)12-16/h2-5,8,11-15,33H,6-7,9-10H2,1H3,(H,27,30)(H,28,29). The molecule has 33 heavy (non-hydrogen) atoms. The van der Waals surface area contributed by atoms with Gasteiger partial charge in [0, 0.05) is 42.6 Å². The molecule has 166 valence electrons. The molecular weight excluding hydrogens is 416 g/mol. The maximum absolute atomic E-state index is 10.2. The minimum absolute atomic E-state index is 0.577. The van der Waals surface area contributed by atoms with Crippen molar-refractivity contribution in [2.45, 2.75) is 25.4 Å². The summed E-state index contributed by atoms with van der Waals surface area (Å²) in [6.07, 6.45) is 10.7. The van der Waals surface area contributed by atoms with Crippen molar-refractivity contribution >= 4 is 33.9 Å². The van der Waals surface area contributed by atoms with Crippen LogP contribution in [0.5, 0.6) is 0 Å². The van der Waals surface area contributed by atoms with Gasteiger partial charge in [0.15, 0.2) is 11.5 Å². The molecule has 4 aromatic heterocycles. The van der Waals surface area contributed by atoms with E-state index in [2.05, 4.69) is 30.4 Å². The number of aromatic nitrogens is 6. The summed E-state index contributed by atoms with van der Waals surface area (Å²) in [7, 11) is 0. The molecule has 6 rings (SSSR count). The van der Waals surface area contributed by atoms with Crippen LogP contribution in [0.25, 0.3) is 27.8 Å². The Kier molecular flexibility index (Phi) is 4.51. The second-order valence-electron chi connectivity index (χ2n) is 8.82. The average Bonchev–Trinajstić information content (AvgIpc) is 3.48. The van der Waals surface area contributed by atoms with Crippen LogP contribution in [0.2, 0.25) is 0 Å². The Morgan fingerprint density at radius 1 is 1.09 bits per heavy atom. The monoisotopic (exact) mass is 440 g/mol. The third-order valence-corrected chi connectivity index (χ3v) is 6.29. The summed E-state index contributed by atoms with van der Waals surface area (Å²) >= 11 is 0. The number of benzene rings is 1. The first kappa shape index (κ1) is 19.7. The Morgan fingerprint density at radius 2 is 1.97 bits per heavy atom. The number of piperidine rings is 1. The quantitative estimate of drug-likeness (QED) is 0.391. The normalized spacial score (nSPS) is 15.9. The summed E-state index contributed by atoms with van der Waals surface area (Å²) in [5.74, 6) is 1.57. The highest BCUT2D eigenvalue weighted by Gasteiger charge is 2.27. The Labute approximate surface area is 190 Å². The van der Waals surface area contributed by atoms with E-state index in [0.29, 0.717) is 5.82 Å². The zero-order valence-electron chi connectivity index (χ0n) is 18.2. The van der Waals surface area contributed by atoms with Gasteiger partial charge in [0.25, 0.3) is 0 Å². The second kappa shape index (κ2) is 7.56. The van der Waals surface area contributed by atoms with Gasteiger partial charge in [0.2, 0.25) is 0 Å². The van der Waals surface area contributed by atoms with Crippen molar-refractivity contribution in [3.05, 3.63) is 61.3 Å². The van der Waals surface area contributed by atoms with Gasteiger partial charge in [0.05, 0.1) is 34.9 Å². The first-order chi connectivity index (χ1) is 16.0. The molecule has 0 amide bonds. The number of anilines is 3. The van der Waals surface area contributed by atoms with Crippen molar-refractivity contribution < 1.29 is 5.11 Å². The van der Waals surface area contributed by atoms with Crippen LogP contribution in [0.1, 0.15) is 19.8 Å². The molecular formula is C24H24N8O. The lowest BCUT2D eigenvalue weighted by atomic mass is 9.94. The van der Waals surface area contributed by atoms with Crippen LogP contribution in [0, 0.1) is 0 Å². The van der Waals surface area contributed by atoms with Gasteiger partial charge in [0.1, 0.15) is 5.82 Å². The predicted molar refractivity (Wildman–Crippen MR) is 128 cm³/mol. The van der Waals surface area contributed by atoms with Crippen LogP contribution < -0.4 is 10.2 Å². The molecule has 0 atom stereocenters. The molecule has 5 aromatic rings. The van der Waals surface area contributed by atoms with Crippen molar-refractivity contribution in [1.29, 1.82) is 0 Å². The fourth-order valence-corrected chi connectivity index (χ4v) is 4.25. The van der Waals surface area contributed by atoms with Crippen molar-refractivity contribution in [3.8, 4) is 11.3 Å². The maximum atomic E-state index is 10.2. The molecule has 3 N–H and O–H groups in total. The molecule has 0 spiro atoms. The number of hydrogen-bond acceptors (Lipinski definition) is 7. The lowest BCUT2D eigenvalue weighted by molar-refractivity contribution is 0.0350. The number of hydrogen-bond donors (Lipinski definition) is 3.